The second-order valence-electron chi connectivity index (χ2n) is 4.52. The van der Waals surface area contributed by atoms with E-state index in [-0.39, 0.29) is 0 Å². The Morgan fingerprint density at radius 3 is 2.89 bits per heavy atom. The van der Waals surface area contributed by atoms with Gasteiger partial charge in [0.2, 0.25) is 0 Å². The van der Waals surface area contributed by atoms with Gasteiger partial charge in [-0.25, -0.2) is 0 Å². The van der Waals surface area contributed by atoms with E-state index in [2.05, 4.69) is 76.1 Å². The quantitative estimate of drug-likeness (QED) is 0.649. The molecular formula is C13H19BrN2S2. The maximum Gasteiger partial charge on any atom is 0.0380 e. The van der Waals surface area contributed by atoms with Gasteiger partial charge in [0.05, 0.1) is 0 Å². The number of hydrogen-bond donors (Lipinski definition) is 2. The summed E-state index contributed by atoms with van der Waals surface area (Å²) in [6.07, 6.45) is 0.985. The average molecular weight is 347 g/mol. The van der Waals surface area contributed by atoms with Gasteiger partial charge in [0.1, 0.15) is 0 Å². The highest BCUT2D eigenvalue weighted by Crippen LogP contribution is 2.33. The topological polar surface area (TPSA) is 38.0 Å². The van der Waals surface area contributed by atoms with Gasteiger partial charge in [0, 0.05) is 32.5 Å². The molecule has 1 aromatic rings. The van der Waals surface area contributed by atoms with Gasteiger partial charge >= 0.3 is 0 Å². The number of thioether (sulfide) groups is 2. The summed E-state index contributed by atoms with van der Waals surface area (Å²) in [6, 6.07) is 8.82. The molecule has 1 saturated heterocycles. The molecule has 18 heavy (non-hydrogen) atoms. The summed E-state index contributed by atoms with van der Waals surface area (Å²) in [5.74, 6) is 8.26. The largest absolute Gasteiger partial charge is 0.271 e. The van der Waals surface area contributed by atoms with E-state index in [4.69, 9.17) is 5.84 Å². The first-order valence-corrected chi connectivity index (χ1v) is 9.03. The standard InChI is InChI=1S/C13H19BrN2S2/c1-9-13(18-6-5-17-9)12(16-15)8-10-3-2-4-11(14)7-10/h2-4,7,9,12-13,16H,5-6,8,15H2,1H3. The third-order valence-corrected chi connectivity index (χ3v) is 6.94. The highest BCUT2D eigenvalue weighted by atomic mass is 79.9. The van der Waals surface area contributed by atoms with E-state index in [1.807, 2.05) is 0 Å². The van der Waals surface area contributed by atoms with Gasteiger partial charge in [0.25, 0.3) is 0 Å². The van der Waals surface area contributed by atoms with Crippen LogP contribution in [0.5, 0.6) is 0 Å². The summed E-state index contributed by atoms with van der Waals surface area (Å²) < 4.78 is 1.13. The zero-order valence-electron chi connectivity index (χ0n) is 10.4. The van der Waals surface area contributed by atoms with Crippen LogP contribution in [0.1, 0.15) is 12.5 Å². The van der Waals surface area contributed by atoms with E-state index in [1.165, 1.54) is 17.1 Å². The average Bonchev–Trinajstić information content (AvgIpc) is 2.37. The van der Waals surface area contributed by atoms with E-state index in [0.717, 1.165) is 10.9 Å². The molecule has 1 aliphatic rings. The lowest BCUT2D eigenvalue weighted by Gasteiger charge is -2.34. The van der Waals surface area contributed by atoms with Crippen LogP contribution in [0, 0.1) is 0 Å². The molecule has 2 rings (SSSR count). The highest BCUT2D eigenvalue weighted by molar-refractivity contribution is 9.10. The second-order valence-corrected chi connectivity index (χ2v) is 8.21. The van der Waals surface area contributed by atoms with Crippen LogP contribution >= 0.6 is 39.5 Å². The first kappa shape index (κ1) is 14.7. The predicted octanol–water partition coefficient (Wildman–Crippen LogP) is 3.06. The number of rotatable bonds is 4. The molecule has 0 radical (unpaired) electrons. The fourth-order valence-electron chi connectivity index (χ4n) is 2.28. The molecule has 0 amide bonds. The molecule has 0 spiro atoms. The van der Waals surface area contributed by atoms with Crippen molar-refractivity contribution in [2.75, 3.05) is 11.5 Å². The number of benzene rings is 1. The van der Waals surface area contributed by atoms with E-state index in [9.17, 15) is 0 Å². The molecule has 0 aromatic heterocycles. The van der Waals surface area contributed by atoms with Crippen molar-refractivity contribution in [2.45, 2.75) is 29.9 Å². The van der Waals surface area contributed by atoms with Crippen LogP contribution in [0.25, 0.3) is 0 Å². The van der Waals surface area contributed by atoms with E-state index < -0.39 is 0 Å². The molecule has 2 nitrogen and oxygen atoms in total. The third-order valence-electron chi connectivity index (χ3n) is 3.19. The highest BCUT2D eigenvalue weighted by Gasteiger charge is 2.29. The predicted molar refractivity (Wildman–Crippen MR) is 87.1 cm³/mol. The minimum absolute atomic E-state index is 0.340. The first-order chi connectivity index (χ1) is 8.70. The monoisotopic (exact) mass is 346 g/mol. The van der Waals surface area contributed by atoms with Gasteiger partial charge in [-0.05, 0) is 24.1 Å². The van der Waals surface area contributed by atoms with Crippen LogP contribution in [0.3, 0.4) is 0 Å². The van der Waals surface area contributed by atoms with E-state index in [1.54, 1.807) is 0 Å². The summed E-state index contributed by atoms with van der Waals surface area (Å²) in [6.45, 7) is 2.31. The van der Waals surface area contributed by atoms with Gasteiger partial charge in [-0.15, -0.1) is 0 Å². The molecule has 100 valence electrons. The molecule has 1 fully saturated rings. The third kappa shape index (κ3) is 3.90. The molecule has 3 unspecified atom stereocenters. The van der Waals surface area contributed by atoms with Crippen molar-refractivity contribution in [1.29, 1.82) is 0 Å². The first-order valence-electron chi connectivity index (χ1n) is 6.14. The number of halogens is 1. The molecule has 1 aliphatic heterocycles. The van der Waals surface area contributed by atoms with Crippen molar-refractivity contribution < 1.29 is 0 Å². The van der Waals surface area contributed by atoms with Crippen molar-refractivity contribution in [3.63, 3.8) is 0 Å². The fourth-order valence-corrected chi connectivity index (χ4v) is 5.67. The van der Waals surface area contributed by atoms with Gasteiger partial charge < -0.3 is 0 Å². The lowest BCUT2D eigenvalue weighted by Crippen LogP contribution is -2.48. The van der Waals surface area contributed by atoms with Crippen LogP contribution < -0.4 is 11.3 Å². The van der Waals surface area contributed by atoms with Crippen molar-refractivity contribution in [1.82, 2.24) is 5.43 Å². The van der Waals surface area contributed by atoms with Crippen molar-refractivity contribution >= 4 is 39.5 Å². The lowest BCUT2D eigenvalue weighted by molar-refractivity contribution is 0.501. The van der Waals surface area contributed by atoms with Crippen LogP contribution in [0.15, 0.2) is 28.7 Å². The maximum absolute atomic E-state index is 5.77. The normalized spacial score (nSPS) is 25.9. The van der Waals surface area contributed by atoms with Crippen LogP contribution in [0.2, 0.25) is 0 Å². The molecule has 0 aliphatic carbocycles. The Labute approximate surface area is 126 Å². The zero-order chi connectivity index (χ0) is 13.0. The van der Waals surface area contributed by atoms with Gasteiger partial charge in [-0.3, -0.25) is 11.3 Å². The molecule has 0 bridgehead atoms. The summed E-state index contributed by atoms with van der Waals surface area (Å²) >= 11 is 7.63. The fraction of sp³-hybridized carbons (Fsp3) is 0.538. The van der Waals surface area contributed by atoms with Crippen LogP contribution in [0.4, 0.5) is 0 Å². The number of nitrogens with one attached hydrogen (secondary N) is 1. The minimum atomic E-state index is 0.340. The zero-order valence-corrected chi connectivity index (χ0v) is 13.7. The van der Waals surface area contributed by atoms with Gasteiger partial charge in [0.15, 0.2) is 0 Å². The van der Waals surface area contributed by atoms with Crippen molar-refractivity contribution in [3.05, 3.63) is 34.3 Å². The smallest absolute Gasteiger partial charge is 0.0380 e. The Morgan fingerprint density at radius 2 is 2.22 bits per heavy atom. The number of hydrogen-bond acceptors (Lipinski definition) is 4. The Hall–Kier alpha value is 0.320. The lowest BCUT2D eigenvalue weighted by atomic mass is 10.0. The summed E-state index contributed by atoms with van der Waals surface area (Å²) in [5.41, 5.74) is 4.35. The minimum Gasteiger partial charge on any atom is -0.271 e. The Kier molecular flexibility index (Phi) is 5.89. The molecule has 1 heterocycles. The summed E-state index contributed by atoms with van der Waals surface area (Å²) in [5, 5.41) is 1.25. The summed E-state index contributed by atoms with van der Waals surface area (Å²) in [7, 11) is 0. The SMILES string of the molecule is CC1SCCSC1C(Cc1cccc(Br)c1)NN. The van der Waals surface area contributed by atoms with Gasteiger partial charge in [-0.2, -0.15) is 23.5 Å². The summed E-state index contributed by atoms with van der Waals surface area (Å²) in [4.78, 5) is 0. The Balaban J connectivity index is 2.04. The molecular weight excluding hydrogens is 328 g/mol. The van der Waals surface area contributed by atoms with E-state index in [0.29, 0.717) is 16.5 Å². The number of hydrazine groups is 1. The van der Waals surface area contributed by atoms with Gasteiger partial charge in [-0.1, -0.05) is 35.0 Å². The van der Waals surface area contributed by atoms with Crippen LogP contribution in [-0.4, -0.2) is 28.0 Å². The van der Waals surface area contributed by atoms with Crippen LogP contribution in [-0.2, 0) is 6.42 Å². The second kappa shape index (κ2) is 7.20. The molecule has 1 aromatic carbocycles. The molecule has 0 saturated carbocycles. The number of nitrogens with two attached hydrogens (primary N) is 1. The van der Waals surface area contributed by atoms with Crippen molar-refractivity contribution in [3.8, 4) is 0 Å². The Morgan fingerprint density at radius 1 is 1.44 bits per heavy atom. The van der Waals surface area contributed by atoms with Crippen molar-refractivity contribution in [2.24, 2.45) is 5.84 Å². The maximum atomic E-state index is 5.77. The molecule has 3 N–H and O–H groups in total. The van der Waals surface area contributed by atoms with E-state index >= 15 is 0 Å². The molecule has 3 atom stereocenters. The Bertz CT molecular complexity index is 389. The molecule has 5 heteroatoms.